The highest BCUT2D eigenvalue weighted by Gasteiger charge is 2.22. The summed E-state index contributed by atoms with van der Waals surface area (Å²) in [4.78, 5) is 2.53. The fraction of sp³-hybridized carbons (Fsp3) is 0.600. The van der Waals surface area contributed by atoms with E-state index in [2.05, 4.69) is 42.2 Å². The Morgan fingerprint density at radius 2 is 2.12 bits per heavy atom. The molecule has 2 heteroatoms. The zero-order valence-electron chi connectivity index (χ0n) is 10.7. The number of nitrogens with zero attached hydrogens (tertiary/aromatic N) is 1. The van der Waals surface area contributed by atoms with Crippen LogP contribution in [0.15, 0.2) is 30.3 Å². The Labute approximate surface area is 104 Å². The third-order valence-corrected chi connectivity index (χ3v) is 3.81. The second-order valence-corrected chi connectivity index (χ2v) is 5.22. The van der Waals surface area contributed by atoms with Crippen LogP contribution in [0.1, 0.15) is 25.3 Å². The van der Waals surface area contributed by atoms with Crippen molar-refractivity contribution >= 4 is 0 Å². The summed E-state index contributed by atoms with van der Waals surface area (Å²) in [5.74, 6) is 0.488. The molecule has 2 atom stereocenters. The number of hydrogen-bond donors (Lipinski definition) is 1. The second kappa shape index (κ2) is 6.18. The second-order valence-electron chi connectivity index (χ2n) is 5.22. The first-order valence-electron chi connectivity index (χ1n) is 6.68. The van der Waals surface area contributed by atoms with Gasteiger partial charge in [0.1, 0.15) is 0 Å². The van der Waals surface area contributed by atoms with Crippen molar-refractivity contribution < 1.29 is 5.11 Å². The predicted molar refractivity (Wildman–Crippen MR) is 71.0 cm³/mol. The van der Waals surface area contributed by atoms with E-state index in [4.69, 9.17) is 0 Å². The Morgan fingerprint density at radius 3 is 2.82 bits per heavy atom. The highest BCUT2D eigenvalue weighted by Crippen LogP contribution is 2.19. The molecule has 1 aliphatic heterocycles. The van der Waals surface area contributed by atoms with Gasteiger partial charge in [0.05, 0.1) is 0 Å². The lowest BCUT2D eigenvalue weighted by Crippen LogP contribution is -2.43. The zero-order chi connectivity index (χ0) is 12.1. The molecule has 1 aromatic carbocycles. The van der Waals surface area contributed by atoms with Crippen molar-refractivity contribution in [3.63, 3.8) is 0 Å². The van der Waals surface area contributed by atoms with Gasteiger partial charge < -0.3 is 5.11 Å². The van der Waals surface area contributed by atoms with Crippen LogP contribution in [0.3, 0.4) is 0 Å². The van der Waals surface area contributed by atoms with Gasteiger partial charge in [-0.15, -0.1) is 0 Å². The number of aliphatic hydroxyl groups excluding tert-OH is 1. The molecule has 0 bridgehead atoms. The summed E-state index contributed by atoms with van der Waals surface area (Å²) in [5, 5.41) is 9.25. The van der Waals surface area contributed by atoms with Gasteiger partial charge >= 0.3 is 0 Å². The molecule has 1 heterocycles. The van der Waals surface area contributed by atoms with Gasteiger partial charge in [0.15, 0.2) is 0 Å². The number of hydrogen-bond acceptors (Lipinski definition) is 2. The van der Waals surface area contributed by atoms with Gasteiger partial charge in [0.2, 0.25) is 0 Å². The van der Waals surface area contributed by atoms with Gasteiger partial charge in [-0.1, -0.05) is 30.3 Å². The summed E-state index contributed by atoms with van der Waals surface area (Å²) in [5.41, 5.74) is 1.41. The minimum absolute atomic E-state index is 0.342. The van der Waals surface area contributed by atoms with Crippen LogP contribution in [0.4, 0.5) is 0 Å². The quantitative estimate of drug-likeness (QED) is 0.862. The normalized spacial score (nSPS) is 23.5. The van der Waals surface area contributed by atoms with E-state index in [1.54, 1.807) is 0 Å². The number of likely N-dealkylation sites (tertiary alicyclic amines) is 1. The standard InChI is InChI=1S/C15H23NO/c1-13(10-14-6-3-2-4-7-14)16-9-5-8-15(11-16)12-17/h2-4,6-7,13,15,17H,5,8-12H2,1H3/t13-,15+/m0/s1. The van der Waals surface area contributed by atoms with Gasteiger partial charge in [-0.2, -0.15) is 0 Å². The molecule has 1 N–H and O–H groups in total. The lowest BCUT2D eigenvalue weighted by Gasteiger charge is -2.36. The van der Waals surface area contributed by atoms with Gasteiger partial charge in [-0.25, -0.2) is 0 Å². The molecule has 2 nitrogen and oxygen atoms in total. The van der Waals surface area contributed by atoms with E-state index in [-0.39, 0.29) is 0 Å². The highest BCUT2D eigenvalue weighted by molar-refractivity contribution is 5.15. The molecule has 0 aromatic heterocycles. The Morgan fingerprint density at radius 1 is 1.35 bits per heavy atom. The summed E-state index contributed by atoms with van der Waals surface area (Å²) < 4.78 is 0. The Balaban J connectivity index is 1.89. The monoisotopic (exact) mass is 233 g/mol. The summed E-state index contributed by atoms with van der Waals surface area (Å²) in [7, 11) is 0. The van der Waals surface area contributed by atoms with E-state index in [1.807, 2.05) is 0 Å². The fourth-order valence-electron chi connectivity index (χ4n) is 2.73. The average Bonchev–Trinajstić information content (AvgIpc) is 2.40. The van der Waals surface area contributed by atoms with Gasteiger partial charge in [0, 0.05) is 19.2 Å². The van der Waals surface area contributed by atoms with Crippen LogP contribution in [0, 0.1) is 5.92 Å². The van der Waals surface area contributed by atoms with Crippen molar-refractivity contribution in [2.75, 3.05) is 19.7 Å². The zero-order valence-corrected chi connectivity index (χ0v) is 10.7. The average molecular weight is 233 g/mol. The maximum atomic E-state index is 9.25. The van der Waals surface area contributed by atoms with Crippen molar-refractivity contribution in [3.8, 4) is 0 Å². The van der Waals surface area contributed by atoms with Crippen LogP contribution < -0.4 is 0 Å². The Hall–Kier alpha value is -0.860. The van der Waals surface area contributed by atoms with E-state index in [1.165, 1.54) is 24.9 Å². The first kappa shape index (κ1) is 12.6. The lowest BCUT2D eigenvalue weighted by atomic mass is 9.96. The number of rotatable bonds is 4. The van der Waals surface area contributed by atoms with Crippen molar-refractivity contribution in [2.45, 2.75) is 32.2 Å². The van der Waals surface area contributed by atoms with Gasteiger partial charge in [-0.05, 0) is 44.2 Å². The smallest absolute Gasteiger partial charge is 0.0471 e. The maximum absolute atomic E-state index is 9.25. The van der Waals surface area contributed by atoms with E-state index < -0.39 is 0 Å². The van der Waals surface area contributed by atoms with Crippen LogP contribution >= 0.6 is 0 Å². The molecule has 0 unspecified atom stereocenters. The first-order valence-corrected chi connectivity index (χ1v) is 6.68. The number of piperidine rings is 1. The van der Waals surface area contributed by atoms with Crippen LogP contribution in [-0.4, -0.2) is 35.7 Å². The molecule has 1 saturated heterocycles. The van der Waals surface area contributed by atoms with E-state index in [9.17, 15) is 5.11 Å². The largest absolute Gasteiger partial charge is 0.396 e. The third kappa shape index (κ3) is 3.55. The number of aliphatic hydroxyl groups is 1. The number of benzene rings is 1. The van der Waals surface area contributed by atoms with Crippen LogP contribution in [0.25, 0.3) is 0 Å². The molecule has 0 saturated carbocycles. The highest BCUT2D eigenvalue weighted by atomic mass is 16.3. The summed E-state index contributed by atoms with van der Waals surface area (Å²) in [6, 6.07) is 11.3. The molecule has 2 rings (SSSR count). The van der Waals surface area contributed by atoms with Crippen LogP contribution in [0.5, 0.6) is 0 Å². The molecule has 1 aliphatic rings. The Bertz CT molecular complexity index is 325. The molecule has 94 valence electrons. The minimum atomic E-state index is 0.342. The van der Waals surface area contributed by atoms with Crippen molar-refractivity contribution in [1.82, 2.24) is 4.90 Å². The van der Waals surface area contributed by atoms with Crippen molar-refractivity contribution in [1.29, 1.82) is 0 Å². The minimum Gasteiger partial charge on any atom is -0.396 e. The molecule has 1 aromatic rings. The molecule has 0 aliphatic carbocycles. The topological polar surface area (TPSA) is 23.5 Å². The molecule has 17 heavy (non-hydrogen) atoms. The third-order valence-electron chi connectivity index (χ3n) is 3.81. The molecule has 0 radical (unpaired) electrons. The summed E-state index contributed by atoms with van der Waals surface area (Å²) in [6.45, 7) is 4.89. The first-order chi connectivity index (χ1) is 8.29. The lowest BCUT2D eigenvalue weighted by molar-refractivity contribution is 0.0936. The fourth-order valence-corrected chi connectivity index (χ4v) is 2.73. The Kier molecular flexibility index (Phi) is 4.57. The molecule has 1 fully saturated rings. The van der Waals surface area contributed by atoms with Crippen molar-refractivity contribution in [2.24, 2.45) is 5.92 Å². The van der Waals surface area contributed by atoms with E-state index in [0.29, 0.717) is 18.6 Å². The van der Waals surface area contributed by atoms with E-state index in [0.717, 1.165) is 13.0 Å². The van der Waals surface area contributed by atoms with Gasteiger partial charge in [-0.3, -0.25) is 4.90 Å². The SMILES string of the molecule is C[C@@H](Cc1ccccc1)N1CCC[C@@H](CO)C1. The van der Waals surface area contributed by atoms with Crippen LogP contribution in [0.2, 0.25) is 0 Å². The molecule has 0 spiro atoms. The summed E-state index contributed by atoms with van der Waals surface area (Å²) in [6.07, 6.45) is 3.52. The summed E-state index contributed by atoms with van der Waals surface area (Å²) >= 11 is 0. The predicted octanol–water partition coefficient (Wildman–Crippen LogP) is 2.32. The van der Waals surface area contributed by atoms with Gasteiger partial charge in [0.25, 0.3) is 0 Å². The van der Waals surface area contributed by atoms with E-state index >= 15 is 0 Å². The molecular weight excluding hydrogens is 210 g/mol. The van der Waals surface area contributed by atoms with Crippen molar-refractivity contribution in [3.05, 3.63) is 35.9 Å². The maximum Gasteiger partial charge on any atom is 0.0471 e. The molecule has 0 amide bonds. The molecular formula is C15H23NO. The van der Waals surface area contributed by atoms with Crippen LogP contribution in [-0.2, 0) is 6.42 Å².